The zero-order valence-corrected chi connectivity index (χ0v) is 10.9. The fourth-order valence-electron chi connectivity index (χ4n) is 2.69. The van der Waals surface area contributed by atoms with E-state index in [0.717, 1.165) is 25.7 Å². The maximum Gasteiger partial charge on any atom is 0.140 e. The molecule has 2 N–H and O–H groups in total. The van der Waals surface area contributed by atoms with E-state index in [9.17, 15) is 4.79 Å². The van der Waals surface area contributed by atoms with E-state index in [-0.39, 0.29) is 5.41 Å². The molecule has 2 heteroatoms. The molecule has 1 aliphatic carbocycles. The molecule has 0 spiro atoms. The van der Waals surface area contributed by atoms with Gasteiger partial charge in [-0.1, -0.05) is 39.5 Å². The van der Waals surface area contributed by atoms with Crippen molar-refractivity contribution in [1.29, 1.82) is 0 Å². The Morgan fingerprint density at radius 2 is 1.75 bits per heavy atom. The molecule has 0 bridgehead atoms. The van der Waals surface area contributed by atoms with Crippen molar-refractivity contribution in [2.45, 2.75) is 65.2 Å². The van der Waals surface area contributed by atoms with Crippen molar-refractivity contribution in [3.63, 3.8) is 0 Å². The highest BCUT2D eigenvalue weighted by molar-refractivity contribution is 5.85. The third kappa shape index (κ3) is 3.58. The van der Waals surface area contributed by atoms with E-state index in [0.29, 0.717) is 18.2 Å². The summed E-state index contributed by atoms with van der Waals surface area (Å²) in [5.74, 6) is 1.05. The van der Waals surface area contributed by atoms with Gasteiger partial charge in [0.25, 0.3) is 0 Å². The van der Waals surface area contributed by atoms with Gasteiger partial charge in [-0.15, -0.1) is 0 Å². The second-order valence-electron chi connectivity index (χ2n) is 5.75. The van der Waals surface area contributed by atoms with Crippen molar-refractivity contribution in [1.82, 2.24) is 0 Å². The van der Waals surface area contributed by atoms with Gasteiger partial charge < -0.3 is 5.73 Å². The van der Waals surface area contributed by atoms with Crippen LogP contribution in [0.5, 0.6) is 0 Å². The van der Waals surface area contributed by atoms with Crippen LogP contribution in [-0.2, 0) is 4.79 Å². The SMILES string of the molecule is CC(C)CCC(=O)C1(CN)CCCCCC1. The molecule has 0 radical (unpaired) electrons. The van der Waals surface area contributed by atoms with Crippen LogP contribution >= 0.6 is 0 Å². The van der Waals surface area contributed by atoms with Crippen LogP contribution in [0.4, 0.5) is 0 Å². The second kappa shape index (κ2) is 6.39. The molecule has 1 rings (SSSR count). The Hall–Kier alpha value is -0.370. The lowest BCUT2D eigenvalue weighted by molar-refractivity contribution is -0.129. The Labute approximate surface area is 100.0 Å². The second-order valence-corrected chi connectivity index (χ2v) is 5.75. The summed E-state index contributed by atoms with van der Waals surface area (Å²) in [6.07, 6.45) is 8.73. The van der Waals surface area contributed by atoms with Gasteiger partial charge in [0.05, 0.1) is 0 Å². The van der Waals surface area contributed by atoms with Gasteiger partial charge in [-0.2, -0.15) is 0 Å². The Morgan fingerprint density at radius 1 is 1.19 bits per heavy atom. The fourth-order valence-corrected chi connectivity index (χ4v) is 2.69. The van der Waals surface area contributed by atoms with Gasteiger partial charge >= 0.3 is 0 Å². The molecule has 0 saturated heterocycles. The zero-order valence-electron chi connectivity index (χ0n) is 10.9. The first-order valence-corrected chi connectivity index (χ1v) is 6.84. The van der Waals surface area contributed by atoms with Crippen LogP contribution in [0.1, 0.15) is 65.2 Å². The number of carbonyl (C=O) groups excluding carboxylic acids is 1. The summed E-state index contributed by atoms with van der Waals surface area (Å²) in [6.45, 7) is 4.91. The van der Waals surface area contributed by atoms with E-state index in [1.165, 1.54) is 25.7 Å². The molecule has 0 aromatic carbocycles. The molecule has 1 aliphatic rings. The quantitative estimate of drug-likeness (QED) is 0.730. The number of carbonyl (C=O) groups is 1. The minimum absolute atomic E-state index is 0.161. The van der Waals surface area contributed by atoms with Crippen molar-refractivity contribution in [3.8, 4) is 0 Å². The van der Waals surface area contributed by atoms with Crippen LogP contribution in [0.3, 0.4) is 0 Å². The van der Waals surface area contributed by atoms with Gasteiger partial charge in [-0.05, 0) is 25.2 Å². The molecular weight excluding hydrogens is 198 g/mol. The van der Waals surface area contributed by atoms with E-state index in [2.05, 4.69) is 13.8 Å². The van der Waals surface area contributed by atoms with Gasteiger partial charge in [0.15, 0.2) is 0 Å². The number of hydrogen-bond acceptors (Lipinski definition) is 2. The van der Waals surface area contributed by atoms with Gasteiger partial charge in [0.2, 0.25) is 0 Å². The molecule has 0 aromatic heterocycles. The maximum absolute atomic E-state index is 12.3. The average Bonchev–Trinajstić information content (AvgIpc) is 2.51. The molecule has 0 heterocycles. The zero-order chi connectivity index (χ0) is 12.0. The smallest absolute Gasteiger partial charge is 0.140 e. The van der Waals surface area contributed by atoms with Gasteiger partial charge in [-0.25, -0.2) is 0 Å². The highest BCUT2D eigenvalue weighted by Crippen LogP contribution is 2.36. The third-order valence-corrected chi connectivity index (χ3v) is 3.99. The average molecular weight is 225 g/mol. The summed E-state index contributed by atoms with van der Waals surface area (Å²) in [5, 5.41) is 0. The minimum atomic E-state index is -0.161. The molecule has 0 amide bonds. The van der Waals surface area contributed by atoms with E-state index in [1.807, 2.05) is 0 Å². The Kier molecular flexibility index (Phi) is 5.47. The molecule has 16 heavy (non-hydrogen) atoms. The first-order chi connectivity index (χ1) is 7.60. The monoisotopic (exact) mass is 225 g/mol. The number of nitrogens with two attached hydrogens (primary N) is 1. The predicted octanol–water partition coefficient (Wildman–Crippen LogP) is 3.29. The van der Waals surface area contributed by atoms with Gasteiger partial charge in [0.1, 0.15) is 5.78 Å². The highest BCUT2D eigenvalue weighted by atomic mass is 16.1. The topological polar surface area (TPSA) is 43.1 Å². The summed E-state index contributed by atoms with van der Waals surface area (Å²) < 4.78 is 0. The minimum Gasteiger partial charge on any atom is -0.329 e. The first-order valence-electron chi connectivity index (χ1n) is 6.84. The molecule has 0 aromatic rings. The summed E-state index contributed by atoms with van der Waals surface area (Å²) in [4.78, 5) is 12.3. The highest BCUT2D eigenvalue weighted by Gasteiger charge is 2.36. The lowest BCUT2D eigenvalue weighted by atomic mass is 9.75. The molecule has 94 valence electrons. The molecule has 0 aliphatic heterocycles. The predicted molar refractivity (Wildman–Crippen MR) is 68.3 cm³/mol. The van der Waals surface area contributed by atoms with Crippen molar-refractivity contribution < 1.29 is 4.79 Å². The van der Waals surface area contributed by atoms with Gasteiger partial charge in [-0.3, -0.25) is 4.79 Å². The normalized spacial score (nSPS) is 20.8. The summed E-state index contributed by atoms with van der Waals surface area (Å²) >= 11 is 0. The number of ketones is 1. The molecule has 1 fully saturated rings. The van der Waals surface area contributed by atoms with Crippen molar-refractivity contribution >= 4 is 5.78 Å². The number of Topliss-reactive ketones (excluding diaryl/α,β-unsaturated/α-hetero) is 1. The van der Waals surface area contributed by atoms with Crippen molar-refractivity contribution in [3.05, 3.63) is 0 Å². The largest absolute Gasteiger partial charge is 0.329 e. The lowest BCUT2D eigenvalue weighted by Crippen LogP contribution is -2.38. The molecular formula is C14H27NO. The first kappa shape index (κ1) is 13.7. The summed E-state index contributed by atoms with van der Waals surface area (Å²) in [5.41, 5.74) is 5.73. The van der Waals surface area contributed by atoms with E-state index in [1.54, 1.807) is 0 Å². The summed E-state index contributed by atoms with van der Waals surface area (Å²) in [7, 11) is 0. The number of rotatable bonds is 5. The van der Waals surface area contributed by atoms with Crippen LogP contribution in [-0.4, -0.2) is 12.3 Å². The van der Waals surface area contributed by atoms with E-state index < -0.39 is 0 Å². The van der Waals surface area contributed by atoms with E-state index >= 15 is 0 Å². The van der Waals surface area contributed by atoms with Crippen LogP contribution < -0.4 is 5.73 Å². The van der Waals surface area contributed by atoms with Crippen LogP contribution in [0, 0.1) is 11.3 Å². The Bertz CT molecular complexity index is 215. The van der Waals surface area contributed by atoms with Crippen LogP contribution in [0.2, 0.25) is 0 Å². The standard InChI is InChI=1S/C14H27NO/c1-12(2)7-8-13(16)14(11-15)9-5-3-4-6-10-14/h12H,3-11,15H2,1-2H3. The van der Waals surface area contributed by atoms with Crippen molar-refractivity contribution in [2.24, 2.45) is 17.1 Å². The van der Waals surface area contributed by atoms with Crippen LogP contribution in [0.15, 0.2) is 0 Å². The summed E-state index contributed by atoms with van der Waals surface area (Å²) in [6, 6.07) is 0. The molecule has 1 saturated carbocycles. The Morgan fingerprint density at radius 3 is 2.19 bits per heavy atom. The number of hydrogen-bond donors (Lipinski definition) is 1. The molecule has 0 atom stereocenters. The molecule has 0 unspecified atom stereocenters. The molecule has 2 nitrogen and oxygen atoms in total. The Balaban J connectivity index is 2.58. The lowest BCUT2D eigenvalue weighted by Gasteiger charge is -2.30. The maximum atomic E-state index is 12.3. The third-order valence-electron chi connectivity index (χ3n) is 3.99. The van der Waals surface area contributed by atoms with Crippen molar-refractivity contribution in [2.75, 3.05) is 6.54 Å². The fraction of sp³-hybridized carbons (Fsp3) is 0.929. The van der Waals surface area contributed by atoms with E-state index in [4.69, 9.17) is 5.73 Å². The van der Waals surface area contributed by atoms with Gasteiger partial charge in [0, 0.05) is 18.4 Å². The van der Waals surface area contributed by atoms with Crippen LogP contribution in [0.25, 0.3) is 0 Å².